The lowest BCUT2D eigenvalue weighted by molar-refractivity contribution is 0.00150. The third-order valence-corrected chi connectivity index (χ3v) is 3.66. The maximum absolute atomic E-state index is 5.97. The van der Waals surface area contributed by atoms with Crippen LogP contribution >= 0.6 is 0 Å². The second-order valence-corrected chi connectivity index (χ2v) is 5.85. The molecule has 15 heavy (non-hydrogen) atoms. The fourth-order valence-electron chi connectivity index (χ4n) is 2.41. The van der Waals surface area contributed by atoms with Gasteiger partial charge in [0, 0.05) is 6.61 Å². The standard InChI is InChI=1S/C14H28O/c1-11(2)8-9-15-14-7-5-6-13(10-14)12(3)4/h11-14H,5-10H2,1-4H3/t13-,14-/m0/s1. The average Bonchev–Trinajstić information content (AvgIpc) is 2.17. The Morgan fingerprint density at radius 1 is 1.13 bits per heavy atom. The molecule has 1 rings (SSSR count). The van der Waals surface area contributed by atoms with Crippen molar-refractivity contribution in [2.24, 2.45) is 17.8 Å². The van der Waals surface area contributed by atoms with E-state index in [1.54, 1.807) is 0 Å². The molecule has 0 aromatic heterocycles. The van der Waals surface area contributed by atoms with Gasteiger partial charge in [0.1, 0.15) is 0 Å². The van der Waals surface area contributed by atoms with Crippen LogP contribution in [0.4, 0.5) is 0 Å². The molecule has 0 amide bonds. The van der Waals surface area contributed by atoms with Gasteiger partial charge in [-0.2, -0.15) is 0 Å². The van der Waals surface area contributed by atoms with Gasteiger partial charge in [-0.25, -0.2) is 0 Å². The highest BCUT2D eigenvalue weighted by molar-refractivity contribution is 4.75. The van der Waals surface area contributed by atoms with Crippen LogP contribution in [0.25, 0.3) is 0 Å². The summed E-state index contributed by atoms with van der Waals surface area (Å²) in [5.74, 6) is 2.51. The number of rotatable bonds is 5. The molecule has 1 saturated carbocycles. The van der Waals surface area contributed by atoms with E-state index < -0.39 is 0 Å². The Labute approximate surface area is 95.6 Å². The number of ether oxygens (including phenoxy) is 1. The molecule has 0 aromatic carbocycles. The summed E-state index contributed by atoms with van der Waals surface area (Å²) < 4.78 is 5.97. The molecule has 1 fully saturated rings. The van der Waals surface area contributed by atoms with E-state index in [1.165, 1.54) is 32.1 Å². The van der Waals surface area contributed by atoms with Crippen molar-refractivity contribution >= 4 is 0 Å². The Balaban J connectivity index is 2.18. The molecule has 1 aliphatic rings. The maximum Gasteiger partial charge on any atom is 0.0577 e. The Morgan fingerprint density at radius 2 is 1.87 bits per heavy atom. The number of hydrogen-bond acceptors (Lipinski definition) is 1. The van der Waals surface area contributed by atoms with Crippen LogP contribution in [-0.4, -0.2) is 12.7 Å². The summed E-state index contributed by atoms with van der Waals surface area (Å²) >= 11 is 0. The molecule has 0 aliphatic heterocycles. The van der Waals surface area contributed by atoms with Gasteiger partial charge in [0.25, 0.3) is 0 Å². The fraction of sp³-hybridized carbons (Fsp3) is 1.00. The van der Waals surface area contributed by atoms with E-state index in [2.05, 4.69) is 27.7 Å². The van der Waals surface area contributed by atoms with Crippen molar-refractivity contribution in [1.82, 2.24) is 0 Å². The van der Waals surface area contributed by atoms with Crippen molar-refractivity contribution in [2.45, 2.75) is 65.9 Å². The van der Waals surface area contributed by atoms with E-state index in [-0.39, 0.29) is 0 Å². The predicted molar refractivity (Wildman–Crippen MR) is 66.0 cm³/mol. The van der Waals surface area contributed by atoms with Crippen molar-refractivity contribution in [1.29, 1.82) is 0 Å². The maximum atomic E-state index is 5.97. The van der Waals surface area contributed by atoms with Crippen molar-refractivity contribution < 1.29 is 4.74 Å². The van der Waals surface area contributed by atoms with Crippen LogP contribution in [0, 0.1) is 17.8 Å². The summed E-state index contributed by atoms with van der Waals surface area (Å²) in [7, 11) is 0. The van der Waals surface area contributed by atoms with E-state index in [0.717, 1.165) is 24.4 Å². The zero-order valence-corrected chi connectivity index (χ0v) is 11.0. The molecule has 0 heterocycles. The molecule has 0 aromatic rings. The highest BCUT2D eigenvalue weighted by atomic mass is 16.5. The van der Waals surface area contributed by atoms with Crippen LogP contribution in [0.5, 0.6) is 0 Å². The van der Waals surface area contributed by atoms with Crippen molar-refractivity contribution in [3.05, 3.63) is 0 Å². The average molecular weight is 212 g/mol. The lowest BCUT2D eigenvalue weighted by atomic mass is 9.80. The van der Waals surface area contributed by atoms with Gasteiger partial charge >= 0.3 is 0 Å². The van der Waals surface area contributed by atoms with Gasteiger partial charge in [0.2, 0.25) is 0 Å². The summed E-state index contributed by atoms with van der Waals surface area (Å²) in [6, 6.07) is 0. The highest BCUT2D eigenvalue weighted by Crippen LogP contribution is 2.31. The lowest BCUT2D eigenvalue weighted by Gasteiger charge is -2.31. The second-order valence-electron chi connectivity index (χ2n) is 5.85. The Hall–Kier alpha value is -0.0400. The molecule has 0 spiro atoms. The van der Waals surface area contributed by atoms with E-state index in [1.807, 2.05) is 0 Å². The Bertz CT molecular complexity index is 163. The molecule has 0 N–H and O–H groups in total. The first-order valence-corrected chi connectivity index (χ1v) is 6.71. The third kappa shape index (κ3) is 5.01. The number of hydrogen-bond donors (Lipinski definition) is 0. The monoisotopic (exact) mass is 212 g/mol. The predicted octanol–water partition coefficient (Wildman–Crippen LogP) is 4.26. The van der Waals surface area contributed by atoms with Crippen molar-refractivity contribution in [3.8, 4) is 0 Å². The van der Waals surface area contributed by atoms with E-state index in [4.69, 9.17) is 4.74 Å². The quantitative estimate of drug-likeness (QED) is 0.661. The smallest absolute Gasteiger partial charge is 0.0577 e. The van der Waals surface area contributed by atoms with Gasteiger partial charge in [-0.15, -0.1) is 0 Å². The SMILES string of the molecule is CC(C)CCO[C@H]1CCC[C@H](C(C)C)C1. The minimum absolute atomic E-state index is 0.560. The minimum Gasteiger partial charge on any atom is -0.378 e. The van der Waals surface area contributed by atoms with Gasteiger partial charge in [-0.05, 0) is 37.0 Å². The molecule has 0 saturated heterocycles. The lowest BCUT2D eigenvalue weighted by Crippen LogP contribution is -2.26. The summed E-state index contributed by atoms with van der Waals surface area (Å²) in [6.45, 7) is 10.2. The van der Waals surface area contributed by atoms with Crippen LogP contribution in [0.1, 0.15) is 59.8 Å². The van der Waals surface area contributed by atoms with Gasteiger partial charge in [0.05, 0.1) is 6.10 Å². The normalized spacial score (nSPS) is 27.6. The Kier molecular flexibility index (Phi) is 5.66. The van der Waals surface area contributed by atoms with Gasteiger partial charge in [0.15, 0.2) is 0 Å². The van der Waals surface area contributed by atoms with Crippen LogP contribution in [-0.2, 0) is 4.74 Å². The molecule has 0 unspecified atom stereocenters. The Morgan fingerprint density at radius 3 is 2.47 bits per heavy atom. The van der Waals surface area contributed by atoms with Crippen LogP contribution < -0.4 is 0 Å². The van der Waals surface area contributed by atoms with Crippen LogP contribution in [0.2, 0.25) is 0 Å². The third-order valence-electron chi connectivity index (χ3n) is 3.66. The van der Waals surface area contributed by atoms with E-state index >= 15 is 0 Å². The fourth-order valence-corrected chi connectivity index (χ4v) is 2.41. The molecule has 90 valence electrons. The van der Waals surface area contributed by atoms with Gasteiger partial charge in [-0.3, -0.25) is 0 Å². The first-order chi connectivity index (χ1) is 7.09. The van der Waals surface area contributed by atoms with E-state index in [0.29, 0.717) is 6.10 Å². The van der Waals surface area contributed by atoms with Crippen molar-refractivity contribution in [2.75, 3.05) is 6.61 Å². The first kappa shape index (κ1) is 13.0. The van der Waals surface area contributed by atoms with Gasteiger partial charge < -0.3 is 4.74 Å². The first-order valence-electron chi connectivity index (χ1n) is 6.71. The minimum atomic E-state index is 0.560. The molecular formula is C14H28O. The largest absolute Gasteiger partial charge is 0.378 e. The van der Waals surface area contributed by atoms with Crippen LogP contribution in [0.3, 0.4) is 0 Å². The summed E-state index contributed by atoms with van der Waals surface area (Å²) in [6.07, 6.45) is 7.15. The molecule has 2 atom stereocenters. The summed E-state index contributed by atoms with van der Waals surface area (Å²) in [5, 5.41) is 0. The topological polar surface area (TPSA) is 9.23 Å². The highest BCUT2D eigenvalue weighted by Gasteiger charge is 2.24. The van der Waals surface area contributed by atoms with Crippen molar-refractivity contribution in [3.63, 3.8) is 0 Å². The molecule has 0 radical (unpaired) electrons. The molecule has 1 nitrogen and oxygen atoms in total. The molecular weight excluding hydrogens is 184 g/mol. The summed E-state index contributed by atoms with van der Waals surface area (Å²) in [5.41, 5.74) is 0. The zero-order chi connectivity index (χ0) is 11.3. The second kappa shape index (κ2) is 6.52. The molecule has 1 aliphatic carbocycles. The zero-order valence-electron chi connectivity index (χ0n) is 11.0. The van der Waals surface area contributed by atoms with Gasteiger partial charge in [-0.1, -0.05) is 40.5 Å². The molecule has 0 bridgehead atoms. The van der Waals surface area contributed by atoms with Crippen LogP contribution in [0.15, 0.2) is 0 Å². The van der Waals surface area contributed by atoms with E-state index in [9.17, 15) is 0 Å². The summed E-state index contributed by atoms with van der Waals surface area (Å²) in [4.78, 5) is 0. The molecule has 1 heteroatoms.